The fraction of sp³-hybridized carbons (Fsp3) is 0.259. The van der Waals surface area contributed by atoms with Crippen molar-refractivity contribution in [2.45, 2.75) is 39.6 Å². The van der Waals surface area contributed by atoms with Crippen LogP contribution in [0.15, 0.2) is 65.3 Å². The quantitative estimate of drug-likeness (QED) is 0.412. The summed E-state index contributed by atoms with van der Waals surface area (Å²) in [5, 5.41) is 0.0219. The summed E-state index contributed by atoms with van der Waals surface area (Å²) in [5.74, 6) is -0.563. The van der Waals surface area contributed by atoms with Gasteiger partial charge in [-0.15, -0.1) is 0 Å². The highest BCUT2D eigenvalue weighted by Gasteiger charge is 2.16. The molecule has 178 valence electrons. The molecule has 0 aliphatic carbocycles. The van der Waals surface area contributed by atoms with E-state index in [0.717, 1.165) is 39.6 Å². The van der Waals surface area contributed by atoms with Gasteiger partial charge in [0.15, 0.2) is 14.9 Å². The number of allylic oxidation sites excluding steroid dienone is 1. The van der Waals surface area contributed by atoms with Crippen LogP contribution in [-0.4, -0.2) is 32.1 Å². The molecule has 0 atom stereocenters. The van der Waals surface area contributed by atoms with E-state index in [9.17, 15) is 13.2 Å². The zero-order valence-corrected chi connectivity index (χ0v) is 21.1. The molecule has 0 aliphatic heterocycles. The second-order valence-electron chi connectivity index (χ2n) is 8.71. The molecule has 3 aromatic rings. The third-order valence-corrected chi connectivity index (χ3v) is 6.62. The zero-order chi connectivity index (χ0) is 25.2. The van der Waals surface area contributed by atoms with Gasteiger partial charge in [-0.05, 0) is 80.3 Å². The third kappa shape index (κ3) is 5.59. The summed E-state index contributed by atoms with van der Waals surface area (Å²) in [7, 11) is -3.37. The number of sulfone groups is 1. The van der Waals surface area contributed by atoms with Gasteiger partial charge in [-0.1, -0.05) is 23.8 Å². The Kier molecular flexibility index (Phi) is 7.36. The molecule has 1 aromatic heterocycles. The van der Waals surface area contributed by atoms with E-state index in [2.05, 4.69) is 4.98 Å². The van der Waals surface area contributed by atoms with Gasteiger partial charge < -0.3 is 4.90 Å². The molecule has 0 spiro atoms. The number of nitrogens with zero attached hydrogens (tertiary/aromatic N) is 2. The zero-order valence-electron chi connectivity index (χ0n) is 20.3. The lowest BCUT2D eigenvalue weighted by molar-refractivity contribution is -0.116. The number of carbonyl (C=O) groups is 1. The van der Waals surface area contributed by atoms with Crippen molar-refractivity contribution >= 4 is 21.4 Å². The topological polar surface area (TPSA) is 67.3 Å². The van der Waals surface area contributed by atoms with Gasteiger partial charge in [0.1, 0.15) is 5.82 Å². The minimum absolute atomic E-state index is 0.0219. The van der Waals surface area contributed by atoms with Crippen LogP contribution in [0, 0.1) is 19.7 Å². The van der Waals surface area contributed by atoms with Gasteiger partial charge in [-0.3, -0.25) is 4.79 Å². The van der Waals surface area contributed by atoms with Crippen LogP contribution in [0.4, 0.5) is 10.1 Å². The van der Waals surface area contributed by atoms with Crippen LogP contribution in [0.1, 0.15) is 31.9 Å². The molecule has 0 bridgehead atoms. The number of amides is 1. The molecule has 3 rings (SSSR count). The second-order valence-corrected chi connectivity index (χ2v) is 10.7. The van der Waals surface area contributed by atoms with Gasteiger partial charge in [0.2, 0.25) is 5.91 Å². The number of pyridine rings is 1. The summed E-state index contributed by atoms with van der Waals surface area (Å²) in [6, 6.07) is 11.9. The molecule has 0 saturated heterocycles. The number of aryl methyl sites for hydroxylation is 2. The van der Waals surface area contributed by atoms with Gasteiger partial charge in [0, 0.05) is 42.7 Å². The molecule has 0 saturated carbocycles. The predicted octanol–water partition coefficient (Wildman–Crippen LogP) is 5.89. The van der Waals surface area contributed by atoms with E-state index < -0.39 is 15.7 Å². The van der Waals surface area contributed by atoms with Crippen molar-refractivity contribution in [3.63, 3.8) is 0 Å². The van der Waals surface area contributed by atoms with Gasteiger partial charge in [0.05, 0.1) is 0 Å². The first-order valence-corrected chi connectivity index (χ1v) is 12.8. The minimum atomic E-state index is -3.37. The van der Waals surface area contributed by atoms with Crippen molar-refractivity contribution in [3.05, 3.63) is 77.3 Å². The molecule has 2 aromatic carbocycles. The maximum atomic E-state index is 15.2. The third-order valence-electron chi connectivity index (χ3n) is 5.62. The van der Waals surface area contributed by atoms with Crippen molar-refractivity contribution in [3.8, 4) is 22.3 Å². The SMILES string of the molecule is CC(=O)N(CC=C(C)C)c1ccc(-c2cc(C)c(-c3ccc(S(C)(=O)=O)nc3)cc2C)c(F)c1. The van der Waals surface area contributed by atoms with Crippen molar-refractivity contribution in [2.24, 2.45) is 0 Å². The van der Waals surface area contributed by atoms with E-state index in [1.807, 2.05) is 45.9 Å². The first-order valence-electron chi connectivity index (χ1n) is 10.9. The average Bonchev–Trinajstić information content (AvgIpc) is 2.74. The first kappa shape index (κ1) is 25.3. The summed E-state index contributed by atoms with van der Waals surface area (Å²) >= 11 is 0. The van der Waals surface area contributed by atoms with Gasteiger partial charge in [0.25, 0.3) is 0 Å². The van der Waals surface area contributed by atoms with Gasteiger partial charge in [-0.2, -0.15) is 0 Å². The highest BCUT2D eigenvalue weighted by Crippen LogP contribution is 2.34. The van der Waals surface area contributed by atoms with Crippen LogP contribution in [0.25, 0.3) is 22.3 Å². The number of rotatable bonds is 6. The Morgan fingerprint density at radius 1 is 0.971 bits per heavy atom. The van der Waals surface area contributed by atoms with E-state index in [1.54, 1.807) is 18.2 Å². The molecule has 0 fully saturated rings. The maximum Gasteiger partial charge on any atom is 0.224 e. The summed E-state index contributed by atoms with van der Waals surface area (Å²) < 4.78 is 38.6. The minimum Gasteiger partial charge on any atom is -0.309 e. The Hall–Kier alpha value is -3.32. The standard InChI is InChI=1S/C27H29FN2O3S/c1-17(2)11-12-30(20(5)31)22-8-9-23(26(28)15-22)25-14-18(3)24(13-19(25)4)21-7-10-27(29-16-21)34(6,32)33/h7-11,13-16H,12H2,1-6H3. The largest absolute Gasteiger partial charge is 0.309 e. The lowest BCUT2D eigenvalue weighted by Gasteiger charge is -2.21. The molecule has 1 amide bonds. The van der Waals surface area contributed by atoms with E-state index in [4.69, 9.17) is 0 Å². The molecule has 5 nitrogen and oxygen atoms in total. The molecular formula is C27H29FN2O3S. The molecule has 34 heavy (non-hydrogen) atoms. The van der Waals surface area contributed by atoms with Gasteiger partial charge in [-0.25, -0.2) is 17.8 Å². The normalized spacial score (nSPS) is 11.3. The number of hydrogen-bond acceptors (Lipinski definition) is 4. The number of halogens is 1. The second kappa shape index (κ2) is 9.89. The molecule has 0 unspecified atom stereocenters. The maximum absolute atomic E-state index is 15.2. The molecular weight excluding hydrogens is 451 g/mol. The van der Waals surface area contributed by atoms with E-state index >= 15 is 4.39 Å². The highest BCUT2D eigenvalue weighted by molar-refractivity contribution is 7.90. The number of benzene rings is 2. The average molecular weight is 481 g/mol. The van der Waals surface area contributed by atoms with Crippen LogP contribution in [0.5, 0.6) is 0 Å². The van der Waals surface area contributed by atoms with Crippen molar-refractivity contribution in [2.75, 3.05) is 17.7 Å². The molecule has 0 N–H and O–H groups in total. The van der Waals surface area contributed by atoms with E-state index in [0.29, 0.717) is 17.8 Å². The molecule has 0 aliphatic rings. The van der Waals surface area contributed by atoms with Crippen LogP contribution < -0.4 is 4.90 Å². The summed E-state index contributed by atoms with van der Waals surface area (Å²) in [6.45, 7) is 9.58. The number of hydrogen-bond donors (Lipinski definition) is 0. The van der Waals surface area contributed by atoms with Crippen LogP contribution in [0.3, 0.4) is 0 Å². The predicted molar refractivity (Wildman–Crippen MR) is 135 cm³/mol. The monoisotopic (exact) mass is 480 g/mol. The summed E-state index contributed by atoms with van der Waals surface area (Å²) in [5.41, 5.74) is 6.25. The smallest absolute Gasteiger partial charge is 0.224 e. The molecule has 7 heteroatoms. The Morgan fingerprint density at radius 3 is 2.15 bits per heavy atom. The first-order chi connectivity index (χ1) is 15.9. The Labute approximate surface area is 200 Å². The summed E-state index contributed by atoms with van der Waals surface area (Å²) in [6.07, 6.45) is 4.59. The fourth-order valence-corrected chi connectivity index (χ4v) is 4.32. The number of anilines is 1. The van der Waals surface area contributed by atoms with Crippen molar-refractivity contribution in [1.29, 1.82) is 0 Å². The summed E-state index contributed by atoms with van der Waals surface area (Å²) in [4.78, 5) is 17.7. The van der Waals surface area contributed by atoms with Crippen molar-refractivity contribution < 1.29 is 17.6 Å². The number of aromatic nitrogens is 1. The molecule has 0 radical (unpaired) electrons. The fourth-order valence-electron chi connectivity index (χ4n) is 3.76. The lowest BCUT2D eigenvalue weighted by atomic mass is 9.92. The van der Waals surface area contributed by atoms with Crippen LogP contribution >= 0.6 is 0 Å². The number of carbonyl (C=O) groups excluding carboxylic acids is 1. The lowest BCUT2D eigenvalue weighted by Crippen LogP contribution is -2.28. The van der Waals surface area contributed by atoms with Crippen LogP contribution in [0.2, 0.25) is 0 Å². The highest BCUT2D eigenvalue weighted by atomic mass is 32.2. The van der Waals surface area contributed by atoms with E-state index in [1.165, 1.54) is 30.2 Å². The van der Waals surface area contributed by atoms with Crippen LogP contribution in [-0.2, 0) is 14.6 Å². The Morgan fingerprint density at radius 2 is 1.62 bits per heavy atom. The Balaban J connectivity index is 1.99. The van der Waals surface area contributed by atoms with Crippen molar-refractivity contribution in [1.82, 2.24) is 4.98 Å². The van der Waals surface area contributed by atoms with E-state index in [-0.39, 0.29) is 10.9 Å². The molecule has 1 heterocycles. The Bertz CT molecular complexity index is 1370. The van der Waals surface area contributed by atoms with Gasteiger partial charge >= 0.3 is 0 Å².